The first-order chi connectivity index (χ1) is 14.5. The average molecular weight is 406 g/mol. The molecule has 0 bridgehead atoms. The summed E-state index contributed by atoms with van der Waals surface area (Å²) in [6.07, 6.45) is 3.77. The molecule has 158 valence electrons. The third kappa shape index (κ3) is 4.69. The second-order valence-electron chi connectivity index (χ2n) is 8.80. The number of ketones is 1. The van der Waals surface area contributed by atoms with Crippen LogP contribution in [-0.2, 0) is 9.53 Å². The number of ether oxygens (including phenoxy) is 1. The molecule has 0 aliphatic carbocycles. The number of benzene rings is 1. The minimum Gasteiger partial charge on any atom is -0.379 e. The fraction of sp³-hybridized carbons (Fsp3) is 0.440. The highest BCUT2D eigenvalue weighted by atomic mass is 16.5. The molecule has 2 saturated heterocycles. The zero-order valence-corrected chi connectivity index (χ0v) is 18.0. The highest BCUT2D eigenvalue weighted by molar-refractivity contribution is 6.05. The molecular weight excluding hydrogens is 374 g/mol. The fourth-order valence-electron chi connectivity index (χ4n) is 4.48. The van der Waals surface area contributed by atoms with Crippen LogP contribution in [0, 0.1) is 5.41 Å². The molecule has 1 aromatic carbocycles. The predicted molar refractivity (Wildman–Crippen MR) is 119 cm³/mol. The first-order valence-corrected chi connectivity index (χ1v) is 10.8. The summed E-state index contributed by atoms with van der Waals surface area (Å²) in [7, 11) is 0. The molecule has 4 rings (SSSR count). The van der Waals surface area contributed by atoms with Gasteiger partial charge < -0.3 is 4.74 Å². The van der Waals surface area contributed by atoms with E-state index in [2.05, 4.69) is 52.9 Å². The van der Waals surface area contributed by atoms with Crippen LogP contribution in [0.1, 0.15) is 31.1 Å². The lowest BCUT2D eigenvalue weighted by Gasteiger charge is -2.45. The van der Waals surface area contributed by atoms with E-state index in [0.29, 0.717) is 0 Å². The second kappa shape index (κ2) is 9.21. The summed E-state index contributed by atoms with van der Waals surface area (Å²) in [4.78, 5) is 22.9. The molecule has 2 aromatic rings. The van der Waals surface area contributed by atoms with E-state index in [1.807, 2.05) is 30.3 Å². The number of hydrogen-bond donors (Lipinski definition) is 0. The van der Waals surface area contributed by atoms with Crippen LogP contribution >= 0.6 is 0 Å². The van der Waals surface area contributed by atoms with Crippen LogP contribution in [0.4, 0.5) is 0 Å². The van der Waals surface area contributed by atoms with Gasteiger partial charge in [-0.05, 0) is 23.8 Å². The molecule has 5 heteroatoms. The summed E-state index contributed by atoms with van der Waals surface area (Å²) in [6, 6.07) is 16.2. The Kier molecular flexibility index (Phi) is 6.42. The molecule has 1 unspecified atom stereocenters. The molecule has 3 heterocycles. The lowest BCUT2D eigenvalue weighted by atomic mass is 9.74. The first kappa shape index (κ1) is 20.9. The number of aromatic nitrogens is 1. The van der Waals surface area contributed by atoms with Gasteiger partial charge in [0, 0.05) is 49.9 Å². The van der Waals surface area contributed by atoms with Crippen molar-refractivity contribution in [3.63, 3.8) is 0 Å². The van der Waals surface area contributed by atoms with Crippen molar-refractivity contribution in [2.45, 2.75) is 19.9 Å². The van der Waals surface area contributed by atoms with Crippen LogP contribution in [-0.4, -0.2) is 66.5 Å². The normalized spacial score (nSPS) is 24.3. The van der Waals surface area contributed by atoms with Gasteiger partial charge in [-0.15, -0.1) is 0 Å². The number of carbonyl (C=O) groups excluding carboxylic acids is 1. The van der Waals surface area contributed by atoms with E-state index in [0.717, 1.165) is 62.8 Å². The Morgan fingerprint density at radius 2 is 1.80 bits per heavy atom. The van der Waals surface area contributed by atoms with Gasteiger partial charge >= 0.3 is 0 Å². The summed E-state index contributed by atoms with van der Waals surface area (Å²) >= 11 is 0. The smallest absolute Gasteiger partial charge is 0.167 e. The number of likely N-dealkylation sites (tertiary alicyclic amines) is 1. The monoisotopic (exact) mass is 405 g/mol. The van der Waals surface area contributed by atoms with Crippen molar-refractivity contribution in [2.24, 2.45) is 5.41 Å². The summed E-state index contributed by atoms with van der Waals surface area (Å²) in [6.45, 7) is 10.3. The van der Waals surface area contributed by atoms with E-state index in [-0.39, 0.29) is 11.8 Å². The van der Waals surface area contributed by atoms with Gasteiger partial charge in [-0.3, -0.25) is 19.6 Å². The Bertz CT molecular complexity index is 874. The molecule has 30 heavy (non-hydrogen) atoms. The Morgan fingerprint density at radius 1 is 1.07 bits per heavy atom. The molecule has 0 spiro atoms. The van der Waals surface area contributed by atoms with E-state index in [1.54, 1.807) is 6.20 Å². The maximum absolute atomic E-state index is 13.5. The molecule has 0 amide bonds. The number of piperidine rings is 1. The molecular formula is C25H31N3O2. The number of Topliss-reactive ketones (excluding diaryl/α,β-unsaturated/α-hetero) is 1. The minimum atomic E-state index is -0.434. The second-order valence-corrected chi connectivity index (χ2v) is 8.80. The molecule has 2 aliphatic heterocycles. The molecule has 2 fully saturated rings. The third-order valence-electron chi connectivity index (χ3n) is 6.05. The fourth-order valence-corrected chi connectivity index (χ4v) is 4.48. The van der Waals surface area contributed by atoms with Gasteiger partial charge in [0.05, 0.1) is 24.9 Å². The summed E-state index contributed by atoms with van der Waals surface area (Å²) in [5.74, 6) is 0.213. The Morgan fingerprint density at radius 3 is 2.50 bits per heavy atom. The van der Waals surface area contributed by atoms with Crippen LogP contribution in [0.5, 0.6) is 0 Å². The van der Waals surface area contributed by atoms with Gasteiger partial charge in [0.2, 0.25) is 0 Å². The summed E-state index contributed by atoms with van der Waals surface area (Å²) < 4.78 is 5.50. The predicted octanol–water partition coefficient (Wildman–Crippen LogP) is 3.45. The average Bonchev–Trinajstić information content (AvgIpc) is 2.77. The van der Waals surface area contributed by atoms with Crippen molar-refractivity contribution in [1.29, 1.82) is 0 Å². The van der Waals surface area contributed by atoms with Crippen molar-refractivity contribution >= 4 is 11.9 Å². The van der Waals surface area contributed by atoms with Crippen molar-refractivity contribution < 1.29 is 9.53 Å². The molecule has 0 radical (unpaired) electrons. The van der Waals surface area contributed by atoms with Gasteiger partial charge in [-0.1, -0.05) is 50.2 Å². The van der Waals surface area contributed by atoms with Crippen LogP contribution in [0.25, 0.3) is 6.08 Å². The minimum absolute atomic E-state index is 0.0604. The maximum atomic E-state index is 13.5. The zero-order valence-electron chi connectivity index (χ0n) is 18.0. The van der Waals surface area contributed by atoms with Gasteiger partial charge in [0.1, 0.15) is 0 Å². The van der Waals surface area contributed by atoms with Crippen LogP contribution in [0.3, 0.4) is 0 Å². The van der Waals surface area contributed by atoms with Gasteiger partial charge in [0.25, 0.3) is 0 Å². The lowest BCUT2D eigenvalue weighted by molar-refractivity contribution is -0.128. The Hall–Kier alpha value is -2.34. The topological polar surface area (TPSA) is 45.7 Å². The summed E-state index contributed by atoms with van der Waals surface area (Å²) in [5.41, 5.74) is 2.38. The highest BCUT2D eigenvalue weighted by Crippen LogP contribution is 2.41. The molecule has 5 nitrogen and oxygen atoms in total. The largest absolute Gasteiger partial charge is 0.379 e. The van der Waals surface area contributed by atoms with Crippen LogP contribution in [0.15, 0.2) is 60.3 Å². The van der Waals surface area contributed by atoms with Crippen molar-refractivity contribution in [1.82, 2.24) is 14.8 Å². The first-order valence-electron chi connectivity index (χ1n) is 10.8. The Labute approximate surface area is 179 Å². The molecule has 1 atom stereocenters. The maximum Gasteiger partial charge on any atom is 0.167 e. The van der Waals surface area contributed by atoms with E-state index >= 15 is 0 Å². The number of rotatable bonds is 5. The molecule has 2 aliphatic rings. The van der Waals surface area contributed by atoms with E-state index in [9.17, 15) is 4.79 Å². The molecule has 0 saturated carbocycles. The van der Waals surface area contributed by atoms with Gasteiger partial charge in [-0.25, -0.2) is 0 Å². The quantitative estimate of drug-likeness (QED) is 0.713. The Balaban J connectivity index is 1.69. The van der Waals surface area contributed by atoms with Crippen molar-refractivity contribution in [2.75, 3.05) is 45.9 Å². The SMILES string of the molecule is CC1(C)CN(CCN2CCOCC2)C(c2ccccc2)C(=Cc2ccccn2)C1=O. The van der Waals surface area contributed by atoms with Gasteiger partial charge in [0.15, 0.2) is 5.78 Å². The zero-order chi connectivity index (χ0) is 21.0. The number of carbonyl (C=O) groups is 1. The summed E-state index contributed by atoms with van der Waals surface area (Å²) in [5, 5.41) is 0. The van der Waals surface area contributed by atoms with E-state index in [4.69, 9.17) is 4.74 Å². The third-order valence-corrected chi connectivity index (χ3v) is 6.05. The van der Waals surface area contributed by atoms with Crippen LogP contribution < -0.4 is 0 Å². The molecule has 1 aromatic heterocycles. The van der Waals surface area contributed by atoms with E-state index in [1.165, 1.54) is 0 Å². The number of nitrogens with zero attached hydrogens (tertiary/aromatic N) is 3. The number of morpholine rings is 1. The van der Waals surface area contributed by atoms with Crippen molar-refractivity contribution in [3.8, 4) is 0 Å². The van der Waals surface area contributed by atoms with Crippen LogP contribution in [0.2, 0.25) is 0 Å². The van der Waals surface area contributed by atoms with Gasteiger partial charge in [-0.2, -0.15) is 0 Å². The molecule has 0 N–H and O–H groups in total. The highest BCUT2D eigenvalue weighted by Gasteiger charge is 2.43. The van der Waals surface area contributed by atoms with Crippen molar-refractivity contribution in [3.05, 3.63) is 71.6 Å². The number of pyridine rings is 1. The number of hydrogen-bond acceptors (Lipinski definition) is 5. The lowest BCUT2D eigenvalue weighted by Crippen LogP contribution is -2.51. The standard InChI is InChI=1S/C25H31N3O2/c1-25(2)19-28(13-12-27-14-16-30-17-15-27)23(20-8-4-3-5-9-20)22(24(25)29)18-21-10-6-7-11-26-21/h3-11,18,23H,12-17,19H2,1-2H3. The van der Waals surface area contributed by atoms with E-state index < -0.39 is 5.41 Å².